The fraction of sp³-hybridized carbons (Fsp3) is 0.269. The Balaban J connectivity index is 0.00000259. The quantitative estimate of drug-likeness (QED) is 0.398. The van der Waals surface area contributed by atoms with Crippen LogP contribution in [0.1, 0.15) is 36.1 Å². The van der Waals surface area contributed by atoms with Gasteiger partial charge in [-0.05, 0) is 74.6 Å². The van der Waals surface area contributed by atoms with Gasteiger partial charge in [-0.3, -0.25) is 5.10 Å². The summed E-state index contributed by atoms with van der Waals surface area (Å²) in [6.45, 7) is 5.97. The summed E-state index contributed by atoms with van der Waals surface area (Å²) in [4.78, 5) is 7.16. The second-order valence-corrected chi connectivity index (χ2v) is 8.47. The van der Waals surface area contributed by atoms with Crippen molar-refractivity contribution in [1.29, 1.82) is 5.26 Å². The molecule has 0 radical (unpaired) electrons. The lowest BCUT2D eigenvalue weighted by Crippen LogP contribution is -2.29. The fourth-order valence-corrected chi connectivity index (χ4v) is 4.60. The van der Waals surface area contributed by atoms with Gasteiger partial charge in [0.15, 0.2) is 5.65 Å². The van der Waals surface area contributed by atoms with E-state index in [1.807, 2.05) is 19.9 Å². The number of phenolic OH excluding ortho intramolecular Hbond substituents is 1. The highest BCUT2D eigenvalue weighted by Gasteiger charge is 2.22. The van der Waals surface area contributed by atoms with E-state index in [1.54, 1.807) is 12.1 Å². The molecule has 1 aliphatic rings. The number of nitriles is 1. The van der Waals surface area contributed by atoms with Crippen molar-refractivity contribution in [1.82, 2.24) is 15.2 Å². The smallest absolute Gasteiger partial charge is 0.182 e. The van der Waals surface area contributed by atoms with E-state index >= 15 is 0 Å². The number of phenols is 1. The van der Waals surface area contributed by atoms with Crippen LogP contribution in [-0.4, -0.2) is 33.4 Å². The summed E-state index contributed by atoms with van der Waals surface area (Å²) in [6.07, 6.45) is 3.76. The molecule has 33 heavy (non-hydrogen) atoms. The highest BCUT2D eigenvalue weighted by molar-refractivity contribution is 6.00. The molecule has 4 aromatic rings. The number of anilines is 1. The number of nitrogens with zero attached hydrogens (tertiary/aromatic N) is 4. The first-order valence-corrected chi connectivity index (χ1v) is 11.0. The van der Waals surface area contributed by atoms with E-state index in [2.05, 4.69) is 45.4 Å². The van der Waals surface area contributed by atoms with Crippen molar-refractivity contribution in [3.8, 4) is 34.2 Å². The van der Waals surface area contributed by atoms with Crippen molar-refractivity contribution < 1.29 is 5.11 Å². The molecule has 168 valence electrons. The highest BCUT2D eigenvalue weighted by Crippen LogP contribution is 2.38. The number of halogens is 1. The molecule has 6 nitrogen and oxygen atoms in total. The van der Waals surface area contributed by atoms with Gasteiger partial charge in [0.05, 0.1) is 16.6 Å². The zero-order valence-electron chi connectivity index (χ0n) is 18.7. The molecule has 1 aliphatic heterocycles. The Morgan fingerprint density at radius 2 is 1.70 bits per heavy atom. The van der Waals surface area contributed by atoms with Crippen molar-refractivity contribution in [3.05, 3.63) is 59.3 Å². The molecule has 0 atom stereocenters. The third-order valence-corrected chi connectivity index (χ3v) is 6.34. The van der Waals surface area contributed by atoms with Gasteiger partial charge in [0.25, 0.3) is 0 Å². The first-order chi connectivity index (χ1) is 15.6. The molecule has 0 unspecified atom stereocenters. The number of piperidine rings is 1. The van der Waals surface area contributed by atoms with E-state index in [4.69, 9.17) is 4.98 Å². The molecular formula is C26H26ClN5O. The molecule has 5 rings (SSSR count). The molecule has 1 saturated heterocycles. The normalized spacial score (nSPS) is 13.5. The average molecular weight is 460 g/mol. The summed E-state index contributed by atoms with van der Waals surface area (Å²) in [5, 5.41) is 28.5. The number of nitrogens with one attached hydrogen (secondary N) is 1. The molecule has 7 heteroatoms. The van der Waals surface area contributed by atoms with Gasteiger partial charge in [0, 0.05) is 35.6 Å². The molecule has 2 aromatic heterocycles. The summed E-state index contributed by atoms with van der Waals surface area (Å²) in [5.41, 5.74) is 7.10. The number of hydrogen-bond acceptors (Lipinski definition) is 5. The highest BCUT2D eigenvalue weighted by atomic mass is 35.5. The van der Waals surface area contributed by atoms with Crippen molar-refractivity contribution >= 4 is 29.1 Å². The Hall–Kier alpha value is -3.56. The molecule has 1 fully saturated rings. The number of pyridine rings is 1. The maximum Gasteiger partial charge on any atom is 0.182 e. The number of H-pyrrole nitrogens is 1. The van der Waals surface area contributed by atoms with Gasteiger partial charge in [0.1, 0.15) is 11.8 Å². The van der Waals surface area contributed by atoms with Crippen molar-refractivity contribution in [2.75, 3.05) is 18.0 Å². The van der Waals surface area contributed by atoms with Gasteiger partial charge in [-0.15, -0.1) is 12.4 Å². The minimum absolute atomic E-state index is 0. The minimum atomic E-state index is 0. The molecular weight excluding hydrogens is 434 g/mol. The number of benzene rings is 2. The SMILES string of the molecule is Cc1cc(-c2nc3n[nH]c(C)c3c(-c3ccc(N4CCCCC4)cc3)c2C#N)ccc1O.Cl. The summed E-state index contributed by atoms with van der Waals surface area (Å²) >= 11 is 0. The Morgan fingerprint density at radius 1 is 1.00 bits per heavy atom. The van der Waals surface area contributed by atoms with Crippen LogP contribution >= 0.6 is 12.4 Å². The largest absolute Gasteiger partial charge is 0.508 e. The fourth-order valence-electron chi connectivity index (χ4n) is 4.60. The maximum atomic E-state index is 10.2. The number of rotatable bonds is 3. The van der Waals surface area contributed by atoms with Gasteiger partial charge < -0.3 is 10.0 Å². The Bertz CT molecular complexity index is 1350. The van der Waals surface area contributed by atoms with E-state index in [-0.39, 0.29) is 18.2 Å². The predicted octanol–water partition coefficient (Wildman–Crippen LogP) is 5.90. The van der Waals surface area contributed by atoms with E-state index in [0.717, 1.165) is 46.4 Å². The van der Waals surface area contributed by atoms with Crippen molar-refractivity contribution in [2.45, 2.75) is 33.1 Å². The van der Waals surface area contributed by atoms with Crippen LogP contribution in [0.5, 0.6) is 5.75 Å². The summed E-state index contributed by atoms with van der Waals surface area (Å²) in [5.74, 6) is 0.220. The Kier molecular flexibility index (Phi) is 6.26. The Morgan fingerprint density at radius 3 is 2.36 bits per heavy atom. The molecule has 2 N–H and O–H groups in total. The lowest BCUT2D eigenvalue weighted by molar-refractivity contribution is 0.471. The van der Waals surface area contributed by atoms with Crippen molar-refractivity contribution in [3.63, 3.8) is 0 Å². The summed E-state index contributed by atoms with van der Waals surface area (Å²) < 4.78 is 0. The Labute approximate surface area is 199 Å². The van der Waals surface area contributed by atoms with Crippen LogP contribution in [0.4, 0.5) is 5.69 Å². The van der Waals surface area contributed by atoms with Crippen LogP contribution in [0.3, 0.4) is 0 Å². The lowest BCUT2D eigenvalue weighted by atomic mass is 9.92. The van der Waals surface area contributed by atoms with Gasteiger partial charge in [-0.2, -0.15) is 10.4 Å². The molecule has 2 aromatic carbocycles. The molecule has 0 spiro atoms. The number of aryl methyl sites for hydroxylation is 2. The van der Waals surface area contributed by atoms with Gasteiger partial charge >= 0.3 is 0 Å². The number of fused-ring (bicyclic) bond motifs is 1. The van der Waals surface area contributed by atoms with Crippen LogP contribution < -0.4 is 4.90 Å². The zero-order valence-corrected chi connectivity index (χ0v) is 19.5. The van der Waals surface area contributed by atoms with Gasteiger partial charge in [-0.25, -0.2) is 4.98 Å². The molecule has 0 bridgehead atoms. The van der Waals surface area contributed by atoms with Crippen LogP contribution in [0.2, 0.25) is 0 Å². The number of hydrogen-bond donors (Lipinski definition) is 2. The number of aromatic hydroxyl groups is 1. The van der Waals surface area contributed by atoms with E-state index < -0.39 is 0 Å². The minimum Gasteiger partial charge on any atom is -0.508 e. The third kappa shape index (κ3) is 4.01. The maximum absolute atomic E-state index is 10.2. The summed E-state index contributed by atoms with van der Waals surface area (Å²) in [6, 6.07) is 16.2. The van der Waals surface area contributed by atoms with Gasteiger partial charge in [-0.1, -0.05) is 12.1 Å². The first kappa shape index (κ1) is 22.6. The first-order valence-electron chi connectivity index (χ1n) is 11.0. The second kappa shape index (κ2) is 9.13. The lowest BCUT2D eigenvalue weighted by Gasteiger charge is -2.29. The average Bonchev–Trinajstić information content (AvgIpc) is 3.20. The van der Waals surface area contributed by atoms with E-state index in [0.29, 0.717) is 16.9 Å². The molecule has 0 saturated carbocycles. The summed E-state index contributed by atoms with van der Waals surface area (Å²) in [7, 11) is 0. The van der Waals surface area contributed by atoms with Crippen LogP contribution in [-0.2, 0) is 0 Å². The topological polar surface area (TPSA) is 88.8 Å². The van der Waals surface area contributed by atoms with Gasteiger partial charge in [0.2, 0.25) is 0 Å². The predicted molar refractivity (Wildman–Crippen MR) is 134 cm³/mol. The van der Waals surface area contributed by atoms with Crippen LogP contribution in [0.25, 0.3) is 33.4 Å². The second-order valence-electron chi connectivity index (χ2n) is 8.47. The molecule has 3 heterocycles. The van der Waals surface area contributed by atoms with E-state index in [9.17, 15) is 10.4 Å². The number of aromatic nitrogens is 3. The number of aromatic amines is 1. The van der Waals surface area contributed by atoms with E-state index in [1.165, 1.54) is 24.9 Å². The van der Waals surface area contributed by atoms with Crippen LogP contribution in [0, 0.1) is 25.2 Å². The van der Waals surface area contributed by atoms with Crippen LogP contribution in [0.15, 0.2) is 42.5 Å². The van der Waals surface area contributed by atoms with Crippen molar-refractivity contribution in [2.24, 2.45) is 0 Å². The molecule has 0 aliphatic carbocycles. The monoisotopic (exact) mass is 459 g/mol. The molecule has 0 amide bonds. The zero-order chi connectivity index (χ0) is 22.2. The standard InChI is InChI=1S/C26H25N5O.ClH/c1-16-14-19(8-11-22(16)32)25-21(15-27)24(23-17(2)29-30-26(23)28-25)18-6-9-20(10-7-18)31-12-4-3-5-13-31;/h6-11,14,32H,3-5,12-13H2,1-2H3,(H,28,29,30);1H. The third-order valence-electron chi connectivity index (χ3n) is 6.34.